The number of anilines is 1. The number of nitrogens with one attached hydrogen (secondary N) is 1. The van der Waals surface area contributed by atoms with Crippen LogP contribution in [0.2, 0.25) is 0 Å². The van der Waals surface area contributed by atoms with E-state index in [0.717, 1.165) is 12.8 Å². The first-order chi connectivity index (χ1) is 10.7. The average Bonchev–Trinajstić information content (AvgIpc) is 2.98. The monoisotopic (exact) mass is 295 g/mol. The molecule has 0 saturated heterocycles. The fraction of sp³-hybridized carbons (Fsp3) is 0.250. The number of hydrogen-bond acceptors (Lipinski definition) is 5. The first-order valence-electron chi connectivity index (χ1n) is 7.26. The van der Waals surface area contributed by atoms with Gasteiger partial charge in [0, 0.05) is 19.0 Å². The lowest BCUT2D eigenvalue weighted by atomic mass is 10.1. The molecule has 0 unspecified atom stereocenters. The molecule has 0 bridgehead atoms. The third kappa shape index (κ3) is 2.43. The third-order valence-corrected chi connectivity index (χ3v) is 3.39. The molecule has 0 atom stereocenters. The van der Waals surface area contributed by atoms with Crippen molar-refractivity contribution >= 4 is 17.4 Å². The lowest BCUT2D eigenvalue weighted by molar-refractivity contribution is 0.104. The SMILES string of the molecule is CCCc1nc(NC)n2ncc(C(=O)c3ccccc3)c2n1. The van der Waals surface area contributed by atoms with Crippen LogP contribution < -0.4 is 5.32 Å². The third-order valence-electron chi connectivity index (χ3n) is 3.39. The van der Waals surface area contributed by atoms with E-state index in [1.807, 2.05) is 18.2 Å². The summed E-state index contributed by atoms with van der Waals surface area (Å²) in [7, 11) is 1.78. The van der Waals surface area contributed by atoms with Crippen molar-refractivity contribution in [1.82, 2.24) is 19.6 Å². The second-order valence-electron chi connectivity index (χ2n) is 4.95. The van der Waals surface area contributed by atoms with Gasteiger partial charge in [-0.3, -0.25) is 4.79 Å². The van der Waals surface area contributed by atoms with Crippen LogP contribution in [0.3, 0.4) is 0 Å². The van der Waals surface area contributed by atoms with Crippen LogP contribution in [0.4, 0.5) is 5.95 Å². The van der Waals surface area contributed by atoms with Crippen LogP contribution in [0.5, 0.6) is 0 Å². The summed E-state index contributed by atoms with van der Waals surface area (Å²) in [6, 6.07) is 9.15. The number of nitrogens with zero attached hydrogens (tertiary/aromatic N) is 4. The zero-order chi connectivity index (χ0) is 15.5. The molecule has 0 radical (unpaired) electrons. The quantitative estimate of drug-likeness (QED) is 0.731. The summed E-state index contributed by atoms with van der Waals surface area (Å²) < 4.78 is 1.56. The van der Waals surface area contributed by atoms with Gasteiger partial charge in [-0.05, 0) is 6.42 Å². The van der Waals surface area contributed by atoms with Crippen molar-refractivity contribution in [2.24, 2.45) is 0 Å². The van der Waals surface area contributed by atoms with Crippen molar-refractivity contribution in [2.45, 2.75) is 19.8 Å². The number of ketones is 1. The zero-order valence-corrected chi connectivity index (χ0v) is 12.6. The Bertz CT molecular complexity index is 810. The fourth-order valence-electron chi connectivity index (χ4n) is 2.32. The Kier molecular flexibility index (Phi) is 3.82. The second-order valence-corrected chi connectivity index (χ2v) is 4.95. The molecule has 3 rings (SSSR count). The summed E-state index contributed by atoms with van der Waals surface area (Å²) in [6.45, 7) is 2.07. The first kappa shape index (κ1) is 14.2. The lowest BCUT2D eigenvalue weighted by Crippen LogP contribution is -2.09. The predicted octanol–water partition coefficient (Wildman–Crippen LogP) is 2.35. The molecule has 0 fully saturated rings. The van der Waals surface area contributed by atoms with Gasteiger partial charge < -0.3 is 5.32 Å². The number of benzene rings is 1. The van der Waals surface area contributed by atoms with Crippen LogP contribution in [-0.4, -0.2) is 32.4 Å². The minimum atomic E-state index is -0.0844. The minimum Gasteiger partial charge on any atom is -0.357 e. The molecule has 1 aromatic carbocycles. The van der Waals surface area contributed by atoms with Crippen LogP contribution in [0.15, 0.2) is 36.5 Å². The van der Waals surface area contributed by atoms with Crippen molar-refractivity contribution < 1.29 is 4.79 Å². The Balaban J connectivity index is 2.14. The molecule has 0 aliphatic rings. The topological polar surface area (TPSA) is 72.2 Å². The Morgan fingerprint density at radius 1 is 1.23 bits per heavy atom. The maximum absolute atomic E-state index is 12.7. The van der Waals surface area contributed by atoms with E-state index in [1.54, 1.807) is 29.9 Å². The van der Waals surface area contributed by atoms with Gasteiger partial charge in [-0.2, -0.15) is 14.6 Å². The van der Waals surface area contributed by atoms with Crippen LogP contribution >= 0.6 is 0 Å². The molecule has 6 nitrogen and oxygen atoms in total. The highest BCUT2D eigenvalue weighted by Gasteiger charge is 2.18. The number of hydrogen-bond donors (Lipinski definition) is 1. The predicted molar refractivity (Wildman–Crippen MR) is 84.2 cm³/mol. The summed E-state index contributed by atoms with van der Waals surface area (Å²) >= 11 is 0. The summed E-state index contributed by atoms with van der Waals surface area (Å²) in [5, 5.41) is 7.24. The van der Waals surface area contributed by atoms with E-state index in [2.05, 4.69) is 27.3 Å². The zero-order valence-electron chi connectivity index (χ0n) is 12.6. The molecule has 112 valence electrons. The van der Waals surface area contributed by atoms with Crippen molar-refractivity contribution in [1.29, 1.82) is 0 Å². The molecule has 22 heavy (non-hydrogen) atoms. The van der Waals surface area contributed by atoms with Crippen LogP contribution in [0, 0.1) is 0 Å². The lowest BCUT2D eigenvalue weighted by Gasteiger charge is -2.06. The first-order valence-corrected chi connectivity index (χ1v) is 7.26. The molecule has 0 aliphatic carbocycles. The molecule has 6 heteroatoms. The summed E-state index contributed by atoms with van der Waals surface area (Å²) in [5.41, 5.74) is 1.65. The number of fused-ring (bicyclic) bond motifs is 1. The van der Waals surface area contributed by atoms with Gasteiger partial charge >= 0.3 is 0 Å². The van der Waals surface area contributed by atoms with E-state index >= 15 is 0 Å². The molecule has 2 heterocycles. The molecule has 2 aromatic heterocycles. The maximum atomic E-state index is 12.7. The number of carbonyl (C=O) groups is 1. The second kappa shape index (κ2) is 5.93. The van der Waals surface area contributed by atoms with E-state index in [0.29, 0.717) is 28.5 Å². The normalized spacial score (nSPS) is 10.8. The van der Waals surface area contributed by atoms with Crippen molar-refractivity contribution in [3.05, 3.63) is 53.5 Å². The minimum absolute atomic E-state index is 0.0844. The Labute approximate surface area is 128 Å². The molecular weight excluding hydrogens is 278 g/mol. The fourth-order valence-corrected chi connectivity index (χ4v) is 2.32. The Morgan fingerprint density at radius 3 is 2.68 bits per heavy atom. The van der Waals surface area contributed by atoms with Gasteiger partial charge in [-0.15, -0.1) is 0 Å². The van der Waals surface area contributed by atoms with Gasteiger partial charge in [0.1, 0.15) is 5.82 Å². The highest BCUT2D eigenvalue weighted by atomic mass is 16.1. The molecule has 0 aliphatic heterocycles. The van der Waals surface area contributed by atoms with Crippen molar-refractivity contribution in [3.63, 3.8) is 0 Å². The smallest absolute Gasteiger partial charge is 0.227 e. The molecule has 1 N–H and O–H groups in total. The van der Waals surface area contributed by atoms with Crippen LogP contribution in [0.25, 0.3) is 5.65 Å². The van der Waals surface area contributed by atoms with Gasteiger partial charge in [0.2, 0.25) is 5.95 Å². The summed E-state index contributed by atoms with van der Waals surface area (Å²) in [5.74, 6) is 1.21. The van der Waals surface area contributed by atoms with E-state index in [9.17, 15) is 4.79 Å². The average molecular weight is 295 g/mol. The highest BCUT2D eigenvalue weighted by Crippen LogP contribution is 2.17. The van der Waals surface area contributed by atoms with Gasteiger partial charge in [-0.25, -0.2) is 4.98 Å². The number of carbonyl (C=O) groups excluding carboxylic acids is 1. The standard InChI is InChI=1S/C16H17N5O/c1-3-7-13-19-15-12(10-18-21(15)16(17-2)20-13)14(22)11-8-5-4-6-9-11/h4-6,8-10H,3,7H2,1-2H3,(H,17,19,20). The van der Waals surface area contributed by atoms with Crippen LogP contribution in [0.1, 0.15) is 35.1 Å². The van der Waals surface area contributed by atoms with Crippen LogP contribution in [-0.2, 0) is 6.42 Å². The molecular formula is C16H17N5O. The Morgan fingerprint density at radius 2 is 2.00 bits per heavy atom. The maximum Gasteiger partial charge on any atom is 0.227 e. The van der Waals surface area contributed by atoms with E-state index in [4.69, 9.17) is 0 Å². The number of aryl methyl sites for hydroxylation is 1. The van der Waals surface area contributed by atoms with Crippen molar-refractivity contribution in [3.8, 4) is 0 Å². The van der Waals surface area contributed by atoms with E-state index in [-0.39, 0.29) is 5.78 Å². The molecule has 0 amide bonds. The van der Waals surface area contributed by atoms with E-state index < -0.39 is 0 Å². The van der Waals surface area contributed by atoms with Gasteiger partial charge in [-0.1, -0.05) is 37.3 Å². The summed E-state index contributed by atoms with van der Waals surface area (Å²) in [4.78, 5) is 21.6. The van der Waals surface area contributed by atoms with E-state index in [1.165, 1.54) is 0 Å². The molecule has 0 spiro atoms. The largest absolute Gasteiger partial charge is 0.357 e. The molecule has 3 aromatic rings. The number of rotatable bonds is 5. The Hall–Kier alpha value is -2.76. The van der Waals surface area contributed by atoms with Gasteiger partial charge in [0.15, 0.2) is 11.4 Å². The van der Waals surface area contributed by atoms with Gasteiger partial charge in [0.05, 0.1) is 11.8 Å². The highest BCUT2D eigenvalue weighted by molar-refractivity contribution is 6.12. The number of aromatic nitrogens is 4. The van der Waals surface area contributed by atoms with Crippen molar-refractivity contribution in [2.75, 3.05) is 12.4 Å². The summed E-state index contributed by atoms with van der Waals surface area (Å²) in [6.07, 6.45) is 3.25. The molecule has 0 saturated carbocycles. The van der Waals surface area contributed by atoms with Gasteiger partial charge in [0.25, 0.3) is 0 Å².